The maximum atomic E-state index is 12.9. The lowest BCUT2D eigenvalue weighted by Gasteiger charge is -2.28. The number of para-hydroxylation sites is 1. The van der Waals surface area contributed by atoms with E-state index in [0.29, 0.717) is 6.54 Å². The van der Waals surface area contributed by atoms with Crippen LogP contribution < -0.4 is 5.32 Å². The predicted octanol–water partition coefficient (Wildman–Crippen LogP) is 5.97. The van der Waals surface area contributed by atoms with E-state index in [0.717, 1.165) is 32.0 Å². The molecule has 0 saturated carbocycles. The SMILES string of the molecule is CCN(C(=O)Nc1cccc(-c2nc3ccccc3s2)c1)C(C)c1cccnc1. The first-order chi connectivity index (χ1) is 14.2. The number of nitrogens with zero attached hydrogens (tertiary/aromatic N) is 3. The van der Waals surface area contributed by atoms with Crippen LogP contribution in [0.15, 0.2) is 73.1 Å². The molecule has 1 atom stereocenters. The Labute approximate surface area is 174 Å². The van der Waals surface area contributed by atoms with E-state index in [2.05, 4.69) is 16.4 Å². The highest BCUT2D eigenvalue weighted by Crippen LogP contribution is 2.31. The van der Waals surface area contributed by atoms with Crippen LogP contribution in [0, 0.1) is 0 Å². The molecule has 0 fully saturated rings. The van der Waals surface area contributed by atoms with Crippen molar-refractivity contribution in [2.75, 3.05) is 11.9 Å². The smallest absolute Gasteiger partial charge is 0.318 e. The van der Waals surface area contributed by atoms with Crippen molar-refractivity contribution in [3.63, 3.8) is 0 Å². The zero-order chi connectivity index (χ0) is 20.2. The summed E-state index contributed by atoms with van der Waals surface area (Å²) in [5, 5.41) is 3.97. The fraction of sp³-hybridized carbons (Fsp3) is 0.174. The molecule has 4 rings (SSSR count). The van der Waals surface area contributed by atoms with Gasteiger partial charge in [0, 0.05) is 30.2 Å². The van der Waals surface area contributed by atoms with Gasteiger partial charge in [0.05, 0.1) is 16.3 Å². The number of carbonyl (C=O) groups excluding carboxylic acids is 1. The van der Waals surface area contributed by atoms with Crippen LogP contribution in [0.3, 0.4) is 0 Å². The molecule has 0 radical (unpaired) electrons. The number of anilines is 1. The fourth-order valence-electron chi connectivity index (χ4n) is 3.32. The van der Waals surface area contributed by atoms with Gasteiger partial charge in [0.1, 0.15) is 5.01 Å². The van der Waals surface area contributed by atoms with E-state index >= 15 is 0 Å². The van der Waals surface area contributed by atoms with E-state index in [4.69, 9.17) is 4.98 Å². The largest absolute Gasteiger partial charge is 0.322 e. The van der Waals surface area contributed by atoms with E-state index in [9.17, 15) is 4.79 Å². The van der Waals surface area contributed by atoms with Crippen molar-refractivity contribution in [3.8, 4) is 10.6 Å². The van der Waals surface area contributed by atoms with Crippen LogP contribution in [0.4, 0.5) is 10.5 Å². The minimum atomic E-state index is -0.134. The molecule has 146 valence electrons. The number of carbonyl (C=O) groups is 1. The number of pyridine rings is 1. The van der Waals surface area contributed by atoms with Crippen LogP contribution in [0.5, 0.6) is 0 Å². The van der Waals surface area contributed by atoms with Gasteiger partial charge in [-0.25, -0.2) is 9.78 Å². The quantitative estimate of drug-likeness (QED) is 0.447. The maximum absolute atomic E-state index is 12.9. The first kappa shape index (κ1) is 19.1. The zero-order valence-electron chi connectivity index (χ0n) is 16.4. The van der Waals surface area contributed by atoms with Crippen LogP contribution in [0.1, 0.15) is 25.5 Å². The monoisotopic (exact) mass is 402 g/mol. The van der Waals surface area contributed by atoms with Gasteiger partial charge in [-0.3, -0.25) is 4.98 Å². The second-order valence-electron chi connectivity index (χ2n) is 6.75. The summed E-state index contributed by atoms with van der Waals surface area (Å²) >= 11 is 1.65. The van der Waals surface area contributed by atoms with Gasteiger partial charge in [0.15, 0.2) is 0 Å². The predicted molar refractivity (Wildman–Crippen MR) is 119 cm³/mol. The molecule has 6 heteroatoms. The number of hydrogen-bond acceptors (Lipinski definition) is 4. The van der Waals surface area contributed by atoms with E-state index < -0.39 is 0 Å². The average molecular weight is 403 g/mol. The summed E-state index contributed by atoms with van der Waals surface area (Å²) in [5.41, 5.74) is 3.74. The molecule has 4 aromatic rings. The number of aromatic nitrogens is 2. The molecule has 2 aromatic heterocycles. The highest BCUT2D eigenvalue weighted by molar-refractivity contribution is 7.21. The maximum Gasteiger partial charge on any atom is 0.322 e. The Morgan fingerprint density at radius 3 is 2.76 bits per heavy atom. The average Bonchev–Trinajstić information content (AvgIpc) is 3.19. The van der Waals surface area contributed by atoms with E-state index in [1.54, 1.807) is 28.6 Å². The fourth-order valence-corrected chi connectivity index (χ4v) is 4.28. The van der Waals surface area contributed by atoms with Gasteiger partial charge in [0.25, 0.3) is 0 Å². The Bertz CT molecular complexity index is 1090. The molecule has 2 amide bonds. The first-order valence-corrected chi connectivity index (χ1v) is 10.4. The number of nitrogens with one attached hydrogen (secondary N) is 1. The lowest BCUT2D eigenvalue weighted by molar-refractivity contribution is 0.197. The Morgan fingerprint density at radius 2 is 2.00 bits per heavy atom. The van der Waals surface area contributed by atoms with E-state index in [1.807, 2.05) is 68.4 Å². The first-order valence-electron chi connectivity index (χ1n) is 9.59. The highest BCUT2D eigenvalue weighted by Gasteiger charge is 2.20. The van der Waals surface area contributed by atoms with Crippen molar-refractivity contribution < 1.29 is 4.79 Å². The van der Waals surface area contributed by atoms with Crippen molar-refractivity contribution in [3.05, 3.63) is 78.6 Å². The third kappa shape index (κ3) is 4.12. The number of hydrogen-bond donors (Lipinski definition) is 1. The molecule has 0 bridgehead atoms. The van der Waals surface area contributed by atoms with Gasteiger partial charge in [-0.2, -0.15) is 0 Å². The molecular formula is C23H22N4OS. The summed E-state index contributed by atoms with van der Waals surface area (Å²) in [7, 11) is 0. The molecule has 29 heavy (non-hydrogen) atoms. The lowest BCUT2D eigenvalue weighted by atomic mass is 10.1. The van der Waals surface area contributed by atoms with Crippen LogP contribution >= 0.6 is 11.3 Å². The molecule has 0 saturated heterocycles. The molecule has 0 aliphatic carbocycles. The Morgan fingerprint density at radius 1 is 1.14 bits per heavy atom. The van der Waals surface area contributed by atoms with E-state index in [1.165, 1.54) is 0 Å². The summed E-state index contributed by atoms with van der Waals surface area (Å²) in [4.78, 5) is 23.6. The number of fused-ring (bicyclic) bond motifs is 1. The Balaban J connectivity index is 1.54. The van der Waals surface area contributed by atoms with Gasteiger partial charge >= 0.3 is 6.03 Å². The van der Waals surface area contributed by atoms with Crippen molar-refractivity contribution in [2.24, 2.45) is 0 Å². The van der Waals surface area contributed by atoms with Gasteiger partial charge < -0.3 is 10.2 Å². The van der Waals surface area contributed by atoms with Gasteiger partial charge in [-0.05, 0) is 49.7 Å². The summed E-state index contributed by atoms with van der Waals surface area (Å²) in [6, 6.07) is 19.6. The Kier molecular flexibility index (Phi) is 5.53. The standard InChI is InChI=1S/C23H22N4OS/c1-3-27(16(2)18-9-7-13-24-15-18)23(28)25-19-10-6-8-17(14-19)22-26-20-11-4-5-12-21(20)29-22/h4-16H,3H2,1-2H3,(H,25,28). The summed E-state index contributed by atoms with van der Waals surface area (Å²) in [6.07, 6.45) is 3.54. The minimum Gasteiger partial charge on any atom is -0.318 e. The number of benzene rings is 2. The van der Waals surface area contributed by atoms with Crippen LogP contribution in [0.25, 0.3) is 20.8 Å². The molecule has 1 N–H and O–H groups in total. The second-order valence-corrected chi connectivity index (χ2v) is 7.78. The normalized spacial score (nSPS) is 11.9. The number of amides is 2. The molecule has 0 aliphatic rings. The third-order valence-electron chi connectivity index (χ3n) is 4.89. The lowest BCUT2D eigenvalue weighted by Crippen LogP contribution is -2.36. The third-order valence-corrected chi connectivity index (χ3v) is 5.98. The van der Waals surface area contributed by atoms with Gasteiger partial charge in [-0.1, -0.05) is 30.3 Å². The Hall–Kier alpha value is -3.25. The van der Waals surface area contributed by atoms with Crippen LogP contribution in [0.2, 0.25) is 0 Å². The molecule has 1 unspecified atom stereocenters. The summed E-state index contributed by atoms with van der Waals surface area (Å²) < 4.78 is 1.15. The van der Waals surface area contributed by atoms with Crippen molar-refractivity contribution >= 4 is 33.3 Å². The van der Waals surface area contributed by atoms with Crippen LogP contribution in [-0.4, -0.2) is 27.4 Å². The molecule has 5 nitrogen and oxygen atoms in total. The zero-order valence-corrected chi connectivity index (χ0v) is 17.2. The molecule has 2 aromatic carbocycles. The topological polar surface area (TPSA) is 58.1 Å². The highest BCUT2D eigenvalue weighted by atomic mass is 32.1. The molecule has 0 spiro atoms. The molecular weight excluding hydrogens is 380 g/mol. The van der Waals surface area contributed by atoms with Gasteiger partial charge in [0.2, 0.25) is 0 Å². The second kappa shape index (κ2) is 8.41. The number of rotatable bonds is 5. The molecule has 0 aliphatic heterocycles. The molecule has 2 heterocycles. The number of thiazole rings is 1. The summed E-state index contributed by atoms with van der Waals surface area (Å²) in [5.74, 6) is 0. The minimum absolute atomic E-state index is 0.0684. The van der Waals surface area contributed by atoms with Gasteiger partial charge in [-0.15, -0.1) is 11.3 Å². The van der Waals surface area contributed by atoms with Crippen molar-refractivity contribution in [1.29, 1.82) is 0 Å². The van der Waals surface area contributed by atoms with Crippen LogP contribution in [-0.2, 0) is 0 Å². The van der Waals surface area contributed by atoms with Crippen molar-refractivity contribution in [2.45, 2.75) is 19.9 Å². The summed E-state index contributed by atoms with van der Waals surface area (Å²) in [6.45, 7) is 4.58. The van der Waals surface area contributed by atoms with Crippen molar-refractivity contribution in [1.82, 2.24) is 14.9 Å². The van der Waals surface area contributed by atoms with E-state index in [-0.39, 0.29) is 12.1 Å². The number of urea groups is 1.